The first kappa shape index (κ1) is 15.1. The number of rotatable bonds is 3. The molecule has 0 unspecified atom stereocenters. The van der Waals surface area contributed by atoms with E-state index in [0.717, 1.165) is 16.5 Å². The monoisotopic (exact) mass is 324 g/mol. The minimum absolute atomic E-state index is 0.316. The van der Waals surface area contributed by atoms with Crippen LogP contribution in [0.5, 0.6) is 0 Å². The molecule has 0 fully saturated rings. The van der Waals surface area contributed by atoms with Gasteiger partial charge in [-0.1, -0.05) is 23.7 Å². The maximum atomic E-state index is 11.9. The van der Waals surface area contributed by atoms with E-state index in [4.69, 9.17) is 11.6 Å². The molecule has 0 aliphatic carbocycles. The van der Waals surface area contributed by atoms with Crippen LogP contribution in [0.2, 0.25) is 5.15 Å². The zero-order valence-electron chi connectivity index (χ0n) is 12.3. The van der Waals surface area contributed by atoms with E-state index in [-0.39, 0.29) is 5.91 Å². The van der Waals surface area contributed by atoms with Gasteiger partial charge in [0, 0.05) is 28.9 Å². The van der Waals surface area contributed by atoms with Gasteiger partial charge in [-0.3, -0.25) is 9.78 Å². The number of fused-ring (bicyclic) bond motifs is 1. The van der Waals surface area contributed by atoms with Crippen LogP contribution >= 0.6 is 11.6 Å². The third-order valence-corrected chi connectivity index (χ3v) is 3.57. The molecule has 0 saturated carbocycles. The Bertz CT molecular complexity index is 894. The van der Waals surface area contributed by atoms with Crippen molar-refractivity contribution in [3.05, 3.63) is 70.6 Å². The fraction of sp³-hybridized carbons (Fsp3) is 0.0588. The highest BCUT2D eigenvalue weighted by atomic mass is 35.5. The molecule has 23 heavy (non-hydrogen) atoms. The normalized spacial score (nSPS) is 11.0. The van der Waals surface area contributed by atoms with Crippen LogP contribution in [0.15, 0.2) is 53.9 Å². The van der Waals surface area contributed by atoms with Crippen LogP contribution in [0.4, 0.5) is 0 Å². The van der Waals surface area contributed by atoms with Gasteiger partial charge in [-0.2, -0.15) is 5.10 Å². The topological polar surface area (TPSA) is 67.2 Å². The van der Waals surface area contributed by atoms with Crippen molar-refractivity contribution in [3.63, 3.8) is 0 Å². The summed E-state index contributed by atoms with van der Waals surface area (Å²) in [6, 6.07) is 11.0. The van der Waals surface area contributed by atoms with Gasteiger partial charge in [0.05, 0.1) is 11.7 Å². The van der Waals surface area contributed by atoms with Gasteiger partial charge in [-0.15, -0.1) is 0 Å². The number of amides is 1. The van der Waals surface area contributed by atoms with Gasteiger partial charge in [0.25, 0.3) is 5.91 Å². The van der Waals surface area contributed by atoms with Crippen molar-refractivity contribution in [1.82, 2.24) is 15.4 Å². The number of hydrogen-bond donors (Lipinski definition) is 1. The van der Waals surface area contributed by atoms with Crippen molar-refractivity contribution in [2.75, 3.05) is 0 Å². The van der Waals surface area contributed by atoms with Crippen molar-refractivity contribution in [1.29, 1.82) is 0 Å². The minimum atomic E-state index is -0.316. The molecule has 0 aliphatic heterocycles. The third kappa shape index (κ3) is 3.52. The summed E-state index contributed by atoms with van der Waals surface area (Å²) in [6.45, 7) is 2.00. The van der Waals surface area contributed by atoms with Gasteiger partial charge in [0.1, 0.15) is 5.15 Å². The summed E-state index contributed by atoms with van der Waals surface area (Å²) in [6.07, 6.45) is 4.57. The van der Waals surface area contributed by atoms with Crippen LogP contribution < -0.4 is 5.43 Å². The minimum Gasteiger partial charge on any atom is -0.267 e. The number of hydrogen-bond acceptors (Lipinski definition) is 4. The van der Waals surface area contributed by atoms with Gasteiger partial charge in [-0.05, 0) is 36.8 Å². The van der Waals surface area contributed by atoms with Crippen molar-refractivity contribution in [3.8, 4) is 0 Å². The lowest BCUT2D eigenvalue weighted by Crippen LogP contribution is -2.17. The lowest BCUT2D eigenvalue weighted by atomic mass is 10.1. The predicted molar refractivity (Wildman–Crippen MR) is 90.8 cm³/mol. The van der Waals surface area contributed by atoms with Crippen molar-refractivity contribution in [2.24, 2.45) is 5.10 Å². The average molecular weight is 325 g/mol. The number of carbonyl (C=O) groups excluding carboxylic acids is 1. The number of nitrogens with one attached hydrogen (secondary N) is 1. The summed E-state index contributed by atoms with van der Waals surface area (Å²) in [4.78, 5) is 20.1. The molecular formula is C17H13ClN4O. The Morgan fingerprint density at radius 3 is 2.78 bits per heavy atom. The summed E-state index contributed by atoms with van der Waals surface area (Å²) in [5, 5.41) is 5.23. The number of aryl methyl sites for hydroxylation is 1. The third-order valence-electron chi connectivity index (χ3n) is 3.27. The summed E-state index contributed by atoms with van der Waals surface area (Å²) in [5.41, 5.74) is 5.51. The highest BCUT2D eigenvalue weighted by Crippen LogP contribution is 2.20. The Balaban J connectivity index is 1.79. The maximum absolute atomic E-state index is 11.9. The molecule has 0 saturated heterocycles. The van der Waals surface area contributed by atoms with E-state index in [0.29, 0.717) is 16.3 Å². The van der Waals surface area contributed by atoms with E-state index < -0.39 is 0 Å². The first-order chi connectivity index (χ1) is 11.1. The molecule has 1 aromatic carbocycles. The number of benzene rings is 1. The molecule has 114 valence electrons. The number of hydrazone groups is 1. The second-order valence-corrected chi connectivity index (χ2v) is 5.36. The number of aromatic nitrogens is 2. The fourth-order valence-electron chi connectivity index (χ4n) is 2.09. The molecule has 2 heterocycles. The molecular weight excluding hydrogens is 312 g/mol. The van der Waals surface area contributed by atoms with Crippen LogP contribution in [0, 0.1) is 6.92 Å². The Morgan fingerprint density at radius 1 is 1.22 bits per heavy atom. The molecule has 1 N–H and O–H groups in total. The van der Waals surface area contributed by atoms with Crippen LogP contribution in [-0.4, -0.2) is 22.1 Å². The molecule has 0 atom stereocenters. The molecule has 0 radical (unpaired) electrons. The summed E-state index contributed by atoms with van der Waals surface area (Å²) in [5.74, 6) is -0.316. The maximum Gasteiger partial charge on any atom is 0.271 e. The van der Waals surface area contributed by atoms with Crippen LogP contribution in [0.3, 0.4) is 0 Å². The Morgan fingerprint density at radius 2 is 2.00 bits per heavy atom. The largest absolute Gasteiger partial charge is 0.271 e. The lowest BCUT2D eigenvalue weighted by molar-refractivity contribution is 0.0955. The Labute approximate surface area is 138 Å². The van der Waals surface area contributed by atoms with E-state index in [1.807, 2.05) is 31.2 Å². The predicted octanol–water partition coefficient (Wildman–Crippen LogP) is 3.36. The zero-order valence-corrected chi connectivity index (χ0v) is 13.1. The first-order valence-corrected chi connectivity index (χ1v) is 7.31. The molecule has 3 aromatic rings. The highest BCUT2D eigenvalue weighted by Gasteiger charge is 2.05. The van der Waals surface area contributed by atoms with Gasteiger partial charge in [0.15, 0.2) is 0 Å². The average Bonchev–Trinajstić information content (AvgIpc) is 2.56. The molecule has 2 aromatic heterocycles. The van der Waals surface area contributed by atoms with Crippen molar-refractivity contribution in [2.45, 2.75) is 6.92 Å². The van der Waals surface area contributed by atoms with Crippen molar-refractivity contribution < 1.29 is 4.79 Å². The van der Waals surface area contributed by atoms with Gasteiger partial charge in [0.2, 0.25) is 0 Å². The molecule has 3 rings (SSSR count). The molecule has 6 heteroatoms. The molecule has 5 nitrogen and oxygen atoms in total. The molecule has 1 amide bonds. The van der Waals surface area contributed by atoms with Crippen LogP contribution in [0.25, 0.3) is 10.9 Å². The smallest absolute Gasteiger partial charge is 0.267 e. The van der Waals surface area contributed by atoms with E-state index in [1.165, 1.54) is 6.21 Å². The molecule has 0 spiro atoms. The Hall–Kier alpha value is -2.79. The highest BCUT2D eigenvalue weighted by molar-refractivity contribution is 6.32. The van der Waals surface area contributed by atoms with Gasteiger partial charge in [-0.25, -0.2) is 10.4 Å². The first-order valence-electron chi connectivity index (χ1n) is 6.94. The van der Waals surface area contributed by atoms with Crippen molar-refractivity contribution >= 4 is 34.6 Å². The number of carbonyl (C=O) groups is 1. The lowest BCUT2D eigenvalue weighted by Gasteiger charge is -2.03. The van der Waals surface area contributed by atoms with Gasteiger partial charge < -0.3 is 0 Å². The number of pyridine rings is 2. The summed E-state index contributed by atoms with van der Waals surface area (Å²) < 4.78 is 0. The van der Waals surface area contributed by atoms with E-state index >= 15 is 0 Å². The van der Waals surface area contributed by atoms with Gasteiger partial charge >= 0.3 is 0 Å². The second-order valence-electron chi connectivity index (χ2n) is 5.00. The second kappa shape index (κ2) is 6.54. The summed E-state index contributed by atoms with van der Waals surface area (Å²) >= 11 is 6.16. The SMILES string of the molecule is Cc1ccc2cc(/C=N\NC(=O)c3ccncc3)c(Cl)nc2c1. The van der Waals surface area contributed by atoms with E-state index in [1.54, 1.807) is 24.5 Å². The fourth-order valence-corrected chi connectivity index (χ4v) is 2.28. The van der Waals surface area contributed by atoms with Crippen LogP contribution in [0.1, 0.15) is 21.5 Å². The number of nitrogens with zero attached hydrogens (tertiary/aromatic N) is 3. The van der Waals surface area contributed by atoms with Crippen LogP contribution in [-0.2, 0) is 0 Å². The molecule has 0 aliphatic rings. The standard InChI is InChI=1S/C17H13ClN4O/c1-11-2-3-13-9-14(16(18)21-15(13)8-11)10-20-22-17(23)12-4-6-19-7-5-12/h2-10H,1H3,(H,22,23)/b20-10-. The van der Waals surface area contributed by atoms with E-state index in [2.05, 4.69) is 20.5 Å². The van der Waals surface area contributed by atoms with E-state index in [9.17, 15) is 4.79 Å². The quantitative estimate of drug-likeness (QED) is 0.456. The molecule has 0 bridgehead atoms. The summed E-state index contributed by atoms with van der Waals surface area (Å²) in [7, 11) is 0. The zero-order chi connectivity index (χ0) is 16.2. The number of halogens is 1. The Kier molecular flexibility index (Phi) is 4.30.